The maximum Gasteiger partial charge on any atom is 0.270 e. The van der Waals surface area contributed by atoms with Crippen LogP contribution in [-0.4, -0.2) is 55.2 Å². The lowest BCUT2D eigenvalue weighted by Crippen LogP contribution is -2.43. The lowest BCUT2D eigenvalue weighted by molar-refractivity contribution is 0.0391. The van der Waals surface area contributed by atoms with E-state index in [4.69, 9.17) is 21.3 Å². The number of aromatic nitrogens is 1. The average Bonchev–Trinajstić information content (AvgIpc) is 3.32. The molecule has 1 saturated heterocycles. The number of aryl methyl sites for hydroxylation is 2. The summed E-state index contributed by atoms with van der Waals surface area (Å²) in [5, 5.41) is 0.742. The molecule has 148 valence electrons. The third kappa shape index (κ3) is 4.09. The molecule has 4 rings (SSSR count). The van der Waals surface area contributed by atoms with Crippen molar-refractivity contribution in [2.24, 2.45) is 0 Å². The van der Waals surface area contributed by atoms with Crippen molar-refractivity contribution in [1.82, 2.24) is 9.88 Å². The van der Waals surface area contributed by atoms with Crippen LogP contribution < -0.4 is 4.90 Å². The molecular formula is C20H22ClN3O2S2. The molecule has 1 fully saturated rings. The van der Waals surface area contributed by atoms with E-state index in [1.807, 2.05) is 0 Å². The Morgan fingerprint density at radius 1 is 1.21 bits per heavy atom. The number of benzene rings is 1. The van der Waals surface area contributed by atoms with Crippen LogP contribution in [-0.2, 0) is 4.74 Å². The van der Waals surface area contributed by atoms with Crippen LogP contribution in [0.5, 0.6) is 0 Å². The predicted molar refractivity (Wildman–Crippen MR) is 117 cm³/mol. The Hall–Kier alpha value is -1.51. The topological polar surface area (TPSA) is 45.7 Å². The molecule has 5 nitrogen and oxygen atoms in total. The Bertz CT molecular complexity index is 995. The number of thiophene rings is 1. The van der Waals surface area contributed by atoms with Gasteiger partial charge >= 0.3 is 0 Å². The number of carbonyl (C=O) groups is 1. The molecule has 28 heavy (non-hydrogen) atoms. The fraction of sp³-hybridized carbons (Fsp3) is 0.400. The number of morpholine rings is 1. The molecule has 8 heteroatoms. The van der Waals surface area contributed by atoms with E-state index in [9.17, 15) is 4.79 Å². The molecule has 0 spiro atoms. The van der Waals surface area contributed by atoms with Crippen molar-refractivity contribution >= 4 is 55.5 Å². The number of ether oxygens (including phenoxy) is 1. The van der Waals surface area contributed by atoms with E-state index in [1.165, 1.54) is 22.5 Å². The van der Waals surface area contributed by atoms with E-state index < -0.39 is 0 Å². The summed E-state index contributed by atoms with van der Waals surface area (Å²) >= 11 is 8.95. The second-order valence-corrected chi connectivity index (χ2v) is 9.59. The first kappa shape index (κ1) is 19.8. The normalized spacial score (nSPS) is 15.2. The third-order valence-corrected chi connectivity index (χ3v) is 7.34. The molecule has 1 aromatic carbocycles. The molecule has 0 atom stereocenters. The Balaban J connectivity index is 1.65. The first-order valence-corrected chi connectivity index (χ1v) is 11.3. The van der Waals surface area contributed by atoms with Crippen molar-refractivity contribution < 1.29 is 9.53 Å². The van der Waals surface area contributed by atoms with Gasteiger partial charge in [0.1, 0.15) is 0 Å². The highest BCUT2D eigenvalue weighted by molar-refractivity contribution is 7.22. The maximum absolute atomic E-state index is 13.3. The van der Waals surface area contributed by atoms with Crippen molar-refractivity contribution in [2.75, 3.05) is 44.3 Å². The van der Waals surface area contributed by atoms with E-state index in [2.05, 4.69) is 30.9 Å². The highest BCUT2D eigenvalue weighted by Gasteiger charge is 2.24. The molecule has 0 N–H and O–H groups in total. The number of fused-ring (bicyclic) bond motifs is 1. The maximum atomic E-state index is 13.3. The van der Waals surface area contributed by atoms with E-state index in [1.54, 1.807) is 28.4 Å². The minimum atomic E-state index is -0.0430. The van der Waals surface area contributed by atoms with Crippen LogP contribution in [0.4, 0.5) is 5.13 Å². The van der Waals surface area contributed by atoms with E-state index in [-0.39, 0.29) is 5.91 Å². The summed E-state index contributed by atoms with van der Waals surface area (Å²) in [6.45, 7) is 8.83. The summed E-state index contributed by atoms with van der Waals surface area (Å²) in [5.41, 5.74) is 3.36. The number of hydrogen-bond acceptors (Lipinski definition) is 6. The van der Waals surface area contributed by atoms with E-state index in [0.717, 1.165) is 48.2 Å². The third-order valence-electron chi connectivity index (χ3n) is 5.08. The minimum Gasteiger partial charge on any atom is -0.379 e. The summed E-state index contributed by atoms with van der Waals surface area (Å²) in [7, 11) is 0. The first-order chi connectivity index (χ1) is 13.5. The van der Waals surface area contributed by atoms with Gasteiger partial charge in [-0.15, -0.1) is 11.3 Å². The lowest BCUT2D eigenvalue weighted by Gasteiger charge is -2.29. The Labute approximate surface area is 177 Å². The second kappa shape index (κ2) is 8.47. The summed E-state index contributed by atoms with van der Waals surface area (Å²) in [4.78, 5) is 22.9. The van der Waals surface area contributed by atoms with Gasteiger partial charge in [-0.2, -0.15) is 0 Å². The lowest BCUT2D eigenvalue weighted by atomic mass is 10.1. The number of carbonyl (C=O) groups excluding carboxylic acids is 1. The zero-order chi connectivity index (χ0) is 19.7. The van der Waals surface area contributed by atoms with Gasteiger partial charge in [0.15, 0.2) is 5.13 Å². The minimum absolute atomic E-state index is 0.0430. The quantitative estimate of drug-likeness (QED) is 0.587. The number of anilines is 1. The molecule has 0 saturated carbocycles. The number of hydrogen-bond donors (Lipinski definition) is 0. The fourth-order valence-corrected chi connectivity index (χ4v) is 5.28. The molecule has 2 aromatic heterocycles. The van der Waals surface area contributed by atoms with Gasteiger partial charge in [-0.1, -0.05) is 29.0 Å². The van der Waals surface area contributed by atoms with Crippen LogP contribution in [0.25, 0.3) is 10.2 Å². The first-order valence-electron chi connectivity index (χ1n) is 9.27. The average molecular weight is 436 g/mol. The monoisotopic (exact) mass is 435 g/mol. The SMILES string of the molecule is Cc1ccc2sc(N(CCN3CCOCC3)C(=O)c3ccc(Cl)s3)nc2c1C. The molecule has 0 bridgehead atoms. The van der Waals surface area contributed by atoms with Crippen LogP contribution in [0.3, 0.4) is 0 Å². The Kier molecular flexibility index (Phi) is 5.99. The van der Waals surface area contributed by atoms with Crippen molar-refractivity contribution in [3.63, 3.8) is 0 Å². The summed E-state index contributed by atoms with van der Waals surface area (Å²) in [5.74, 6) is -0.0430. The summed E-state index contributed by atoms with van der Waals surface area (Å²) < 4.78 is 7.15. The predicted octanol–water partition coefficient (Wildman–Crippen LogP) is 4.61. The van der Waals surface area contributed by atoms with Gasteiger partial charge < -0.3 is 4.74 Å². The molecule has 3 aromatic rings. The summed E-state index contributed by atoms with van der Waals surface area (Å²) in [6, 6.07) is 7.76. The molecule has 0 radical (unpaired) electrons. The van der Waals surface area contributed by atoms with Crippen molar-refractivity contribution in [3.05, 3.63) is 44.6 Å². The standard InChI is InChI=1S/C20H22ClN3O2S2/c1-13-3-4-15-18(14(13)2)22-20(28-15)24(8-7-23-9-11-26-12-10-23)19(25)16-5-6-17(21)27-16/h3-6H,7-12H2,1-2H3. The van der Waals surface area contributed by atoms with Crippen molar-refractivity contribution in [3.8, 4) is 0 Å². The van der Waals surface area contributed by atoms with Gasteiger partial charge in [-0.3, -0.25) is 14.6 Å². The van der Waals surface area contributed by atoms with Crippen LogP contribution in [0.15, 0.2) is 24.3 Å². The Morgan fingerprint density at radius 3 is 2.71 bits per heavy atom. The molecule has 1 aliphatic heterocycles. The zero-order valence-corrected chi connectivity index (χ0v) is 18.3. The van der Waals surface area contributed by atoms with Gasteiger partial charge in [0.25, 0.3) is 5.91 Å². The van der Waals surface area contributed by atoms with Crippen molar-refractivity contribution in [1.29, 1.82) is 0 Å². The number of thiazole rings is 1. The van der Waals surface area contributed by atoms with E-state index >= 15 is 0 Å². The van der Waals surface area contributed by atoms with Crippen LogP contribution in [0, 0.1) is 13.8 Å². The molecule has 0 unspecified atom stereocenters. The number of rotatable bonds is 5. The van der Waals surface area contributed by atoms with Crippen LogP contribution in [0.2, 0.25) is 4.34 Å². The highest BCUT2D eigenvalue weighted by Crippen LogP contribution is 2.33. The smallest absolute Gasteiger partial charge is 0.270 e. The number of halogens is 1. The molecule has 1 aliphatic rings. The van der Waals surface area contributed by atoms with Crippen LogP contribution >= 0.6 is 34.3 Å². The number of amides is 1. The van der Waals surface area contributed by atoms with Crippen molar-refractivity contribution in [2.45, 2.75) is 13.8 Å². The molecule has 0 aliphatic carbocycles. The van der Waals surface area contributed by atoms with Gasteiger partial charge in [0.2, 0.25) is 0 Å². The fourth-order valence-electron chi connectivity index (χ4n) is 3.24. The van der Waals surface area contributed by atoms with Gasteiger partial charge in [-0.25, -0.2) is 4.98 Å². The second-order valence-electron chi connectivity index (χ2n) is 6.87. The highest BCUT2D eigenvalue weighted by atomic mass is 35.5. The summed E-state index contributed by atoms with van der Waals surface area (Å²) in [6.07, 6.45) is 0. The van der Waals surface area contributed by atoms with Gasteiger partial charge in [-0.05, 0) is 43.2 Å². The molecule has 1 amide bonds. The van der Waals surface area contributed by atoms with Gasteiger partial charge in [0.05, 0.1) is 32.6 Å². The van der Waals surface area contributed by atoms with E-state index in [0.29, 0.717) is 15.8 Å². The largest absolute Gasteiger partial charge is 0.379 e. The zero-order valence-electron chi connectivity index (χ0n) is 15.9. The molecule has 3 heterocycles. The van der Waals surface area contributed by atoms with Gasteiger partial charge in [0, 0.05) is 26.2 Å². The number of nitrogens with zero attached hydrogens (tertiary/aromatic N) is 3. The molecular weight excluding hydrogens is 414 g/mol. The Morgan fingerprint density at radius 2 is 2.00 bits per heavy atom. The van der Waals surface area contributed by atoms with Crippen LogP contribution in [0.1, 0.15) is 20.8 Å².